The minimum Gasteiger partial charge on any atom is -0.383 e. The van der Waals surface area contributed by atoms with Crippen molar-refractivity contribution in [3.63, 3.8) is 0 Å². The van der Waals surface area contributed by atoms with Crippen molar-refractivity contribution in [2.24, 2.45) is 5.73 Å². The third kappa shape index (κ3) is 2.99. The van der Waals surface area contributed by atoms with E-state index in [1.54, 1.807) is 37.3 Å². The summed E-state index contributed by atoms with van der Waals surface area (Å²) in [5, 5.41) is 7.83. The molecule has 2 rings (SSSR count). The molecule has 0 aliphatic heterocycles. The highest BCUT2D eigenvalue weighted by atomic mass is 32.2. The molecule has 1 aromatic carbocycles. The first-order valence-corrected chi connectivity index (χ1v) is 7.95. The molecular weight excluding hydrogens is 282 g/mol. The number of sulfone groups is 1. The van der Waals surface area contributed by atoms with E-state index in [-0.39, 0.29) is 16.5 Å². The van der Waals surface area contributed by atoms with Gasteiger partial charge in [-0.2, -0.15) is 0 Å². The van der Waals surface area contributed by atoms with Crippen molar-refractivity contribution in [1.82, 2.24) is 4.98 Å². The lowest BCUT2D eigenvalue weighted by atomic mass is 10.4. The largest absolute Gasteiger partial charge is 0.383 e. The van der Waals surface area contributed by atoms with Crippen molar-refractivity contribution >= 4 is 27.0 Å². The van der Waals surface area contributed by atoms with E-state index in [0.29, 0.717) is 15.6 Å². The zero-order valence-electron chi connectivity index (χ0n) is 10.3. The van der Waals surface area contributed by atoms with Crippen LogP contribution >= 0.6 is 11.3 Å². The SMILES string of the molecule is Cc1nc(CS(=O)(=O)c2ccccc2)sc1C(=N)N. The molecule has 0 aliphatic rings. The van der Waals surface area contributed by atoms with Gasteiger partial charge in [0.15, 0.2) is 9.84 Å². The fourth-order valence-corrected chi connectivity index (χ4v) is 4.19. The van der Waals surface area contributed by atoms with Gasteiger partial charge in [-0.3, -0.25) is 5.41 Å². The molecular formula is C12H13N3O2S2. The second kappa shape index (κ2) is 5.10. The van der Waals surface area contributed by atoms with Crippen LogP contribution in [0, 0.1) is 12.3 Å². The maximum Gasteiger partial charge on any atom is 0.184 e. The minimum atomic E-state index is -3.41. The molecule has 3 N–H and O–H groups in total. The Balaban J connectivity index is 2.31. The monoisotopic (exact) mass is 295 g/mol. The number of hydrogen-bond acceptors (Lipinski definition) is 5. The molecule has 0 amide bonds. The number of aromatic nitrogens is 1. The first-order valence-electron chi connectivity index (χ1n) is 5.48. The van der Waals surface area contributed by atoms with Gasteiger partial charge >= 0.3 is 0 Å². The summed E-state index contributed by atoms with van der Waals surface area (Å²) >= 11 is 1.15. The standard InChI is InChI=1S/C12H13N3O2S2/c1-8-11(12(13)14)18-10(15-8)7-19(16,17)9-5-3-2-4-6-9/h2-6H,7H2,1H3,(H3,13,14). The molecule has 1 heterocycles. The molecule has 0 bridgehead atoms. The van der Waals surface area contributed by atoms with E-state index in [2.05, 4.69) is 4.98 Å². The molecule has 0 spiro atoms. The Morgan fingerprint density at radius 1 is 1.37 bits per heavy atom. The van der Waals surface area contributed by atoms with Crippen molar-refractivity contribution in [2.75, 3.05) is 0 Å². The smallest absolute Gasteiger partial charge is 0.184 e. The molecule has 1 aromatic heterocycles. The van der Waals surface area contributed by atoms with Crippen molar-refractivity contribution in [3.05, 3.63) is 45.9 Å². The number of hydrogen-bond donors (Lipinski definition) is 2. The van der Waals surface area contributed by atoms with Gasteiger partial charge < -0.3 is 5.73 Å². The van der Waals surface area contributed by atoms with Gasteiger partial charge in [0.2, 0.25) is 0 Å². The van der Waals surface area contributed by atoms with Crippen LogP contribution in [-0.2, 0) is 15.6 Å². The van der Waals surface area contributed by atoms with Gasteiger partial charge in [0, 0.05) is 0 Å². The molecule has 0 radical (unpaired) electrons. The summed E-state index contributed by atoms with van der Waals surface area (Å²) in [5.74, 6) is -0.256. The molecule has 19 heavy (non-hydrogen) atoms. The van der Waals surface area contributed by atoms with Crippen LogP contribution in [0.5, 0.6) is 0 Å². The first-order chi connectivity index (χ1) is 8.90. The summed E-state index contributed by atoms with van der Waals surface area (Å²) in [7, 11) is -3.41. The number of nitrogens with two attached hydrogens (primary N) is 1. The summed E-state index contributed by atoms with van der Waals surface area (Å²) in [4.78, 5) is 4.96. The summed E-state index contributed by atoms with van der Waals surface area (Å²) in [6, 6.07) is 8.24. The number of thiazole rings is 1. The number of benzene rings is 1. The fraction of sp³-hybridized carbons (Fsp3) is 0.167. The first kappa shape index (κ1) is 13.7. The van der Waals surface area contributed by atoms with Crippen LogP contribution in [-0.4, -0.2) is 19.2 Å². The van der Waals surface area contributed by atoms with Gasteiger partial charge in [-0.1, -0.05) is 18.2 Å². The number of aryl methyl sites for hydroxylation is 1. The van der Waals surface area contributed by atoms with Crippen LogP contribution < -0.4 is 5.73 Å². The van der Waals surface area contributed by atoms with Crippen molar-refractivity contribution in [2.45, 2.75) is 17.6 Å². The van der Waals surface area contributed by atoms with Crippen LogP contribution in [0.25, 0.3) is 0 Å². The molecule has 0 aliphatic carbocycles. The highest BCUT2D eigenvalue weighted by Gasteiger charge is 2.19. The lowest BCUT2D eigenvalue weighted by Gasteiger charge is -2.01. The predicted octanol–water partition coefficient (Wildman–Crippen LogP) is 1.71. The van der Waals surface area contributed by atoms with Crippen LogP contribution in [0.15, 0.2) is 35.2 Å². The maximum absolute atomic E-state index is 12.2. The summed E-state index contributed by atoms with van der Waals surface area (Å²) in [5.41, 5.74) is 6.00. The fourth-order valence-electron chi connectivity index (χ4n) is 1.64. The lowest BCUT2D eigenvalue weighted by molar-refractivity contribution is 0.595. The van der Waals surface area contributed by atoms with E-state index in [0.717, 1.165) is 11.3 Å². The van der Waals surface area contributed by atoms with E-state index < -0.39 is 9.84 Å². The Morgan fingerprint density at radius 3 is 2.53 bits per heavy atom. The van der Waals surface area contributed by atoms with Gasteiger partial charge in [0.25, 0.3) is 0 Å². The van der Waals surface area contributed by atoms with Gasteiger partial charge in [-0.25, -0.2) is 13.4 Å². The minimum absolute atomic E-state index is 0.0849. The number of nitrogen functional groups attached to an aromatic ring is 1. The Bertz CT molecular complexity index is 706. The third-order valence-corrected chi connectivity index (χ3v) is 5.52. The van der Waals surface area contributed by atoms with Gasteiger partial charge in [-0.05, 0) is 19.1 Å². The molecule has 0 saturated carbocycles. The van der Waals surface area contributed by atoms with Crippen molar-refractivity contribution in [3.8, 4) is 0 Å². The van der Waals surface area contributed by atoms with Crippen LogP contribution in [0.2, 0.25) is 0 Å². The maximum atomic E-state index is 12.2. The van der Waals surface area contributed by atoms with Crippen molar-refractivity contribution < 1.29 is 8.42 Å². The quantitative estimate of drug-likeness (QED) is 0.663. The number of nitrogens with one attached hydrogen (secondary N) is 1. The van der Waals surface area contributed by atoms with Gasteiger partial charge in [0.1, 0.15) is 16.6 Å². The zero-order chi connectivity index (χ0) is 14.0. The molecule has 0 fully saturated rings. The molecule has 2 aromatic rings. The average Bonchev–Trinajstić information content (AvgIpc) is 2.71. The average molecular weight is 295 g/mol. The number of amidine groups is 1. The van der Waals surface area contributed by atoms with Crippen LogP contribution in [0.1, 0.15) is 15.6 Å². The van der Waals surface area contributed by atoms with Crippen molar-refractivity contribution in [1.29, 1.82) is 5.41 Å². The van der Waals surface area contributed by atoms with E-state index in [4.69, 9.17) is 11.1 Å². The van der Waals surface area contributed by atoms with E-state index in [9.17, 15) is 8.42 Å². The summed E-state index contributed by atoms with van der Waals surface area (Å²) in [6.45, 7) is 1.71. The molecule has 7 heteroatoms. The topological polar surface area (TPSA) is 96.9 Å². The second-order valence-corrected chi connectivity index (χ2v) is 7.08. The normalized spacial score (nSPS) is 11.4. The van der Waals surface area contributed by atoms with Gasteiger partial charge in [0.05, 0.1) is 15.5 Å². The lowest BCUT2D eigenvalue weighted by Crippen LogP contribution is -2.10. The second-order valence-electron chi connectivity index (χ2n) is 4.01. The zero-order valence-corrected chi connectivity index (χ0v) is 11.9. The Morgan fingerprint density at radius 2 is 2.00 bits per heavy atom. The van der Waals surface area contributed by atoms with Gasteiger partial charge in [-0.15, -0.1) is 11.3 Å². The van der Waals surface area contributed by atoms with Crippen LogP contribution in [0.3, 0.4) is 0 Å². The molecule has 0 atom stereocenters. The highest BCUT2D eigenvalue weighted by molar-refractivity contribution is 7.90. The Hall–Kier alpha value is -1.73. The summed E-state index contributed by atoms with van der Waals surface area (Å²) in [6.07, 6.45) is 0. The van der Waals surface area contributed by atoms with E-state index >= 15 is 0 Å². The third-order valence-electron chi connectivity index (χ3n) is 2.50. The predicted molar refractivity (Wildman–Crippen MR) is 75.2 cm³/mol. The highest BCUT2D eigenvalue weighted by Crippen LogP contribution is 2.22. The molecule has 5 nitrogen and oxygen atoms in total. The number of rotatable bonds is 4. The Kier molecular flexibility index (Phi) is 3.68. The number of nitrogens with zero attached hydrogens (tertiary/aromatic N) is 1. The summed E-state index contributed by atoms with van der Waals surface area (Å²) < 4.78 is 24.3. The van der Waals surface area contributed by atoms with E-state index in [1.165, 1.54) is 0 Å². The molecule has 0 unspecified atom stereocenters. The molecule has 0 saturated heterocycles. The Labute approximate surface area is 115 Å². The van der Waals surface area contributed by atoms with E-state index in [1.807, 2.05) is 0 Å². The van der Waals surface area contributed by atoms with Crippen LogP contribution in [0.4, 0.5) is 0 Å². The molecule has 100 valence electrons.